The molecule has 0 unspecified atom stereocenters. The van der Waals surface area contributed by atoms with E-state index < -0.39 is 12.1 Å². The van der Waals surface area contributed by atoms with Gasteiger partial charge in [0.2, 0.25) is 5.91 Å². The molecule has 0 radical (unpaired) electrons. The first-order chi connectivity index (χ1) is 10.5. The molecule has 0 bridgehead atoms. The molecule has 1 aromatic rings. The van der Waals surface area contributed by atoms with Crippen molar-refractivity contribution < 1.29 is 22.7 Å². The fourth-order valence-corrected chi connectivity index (χ4v) is 2.84. The van der Waals surface area contributed by atoms with Crippen molar-refractivity contribution in [1.82, 2.24) is 0 Å². The van der Waals surface area contributed by atoms with Crippen molar-refractivity contribution in [3.63, 3.8) is 0 Å². The first-order valence-electron chi connectivity index (χ1n) is 7.33. The number of carbonyl (C=O) groups is 1. The van der Waals surface area contributed by atoms with Gasteiger partial charge in [0.1, 0.15) is 0 Å². The zero-order chi connectivity index (χ0) is 17.4. The second kappa shape index (κ2) is 5.91. The fourth-order valence-electron chi connectivity index (χ4n) is 2.84. The summed E-state index contributed by atoms with van der Waals surface area (Å²) in [6.45, 7) is 7.85. The van der Waals surface area contributed by atoms with Crippen molar-refractivity contribution in [2.24, 2.45) is 17.3 Å². The number of carbonyl (C=O) groups excluding carboxylic acids is 1. The first kappa shape index (κ1) is 17.4. The van der Waals surface area contributed by atoms with Crippen molar-refractivity contribution in [3.8, 4) is 5.75 Å². The van der Waals surface area contributed by atoms with E-state index in [0.717, 1.165) is 5.57 Å². The van der Waals surface area contributed by atoms with E-state index in [0.29, 0.717) is 0 Å². The summed E-state index contributed by atoms with van der Waals surface area (Å²) in [5, 5.41) is 2.56. The second-order valence-electron chi connectivity index (χ2n) is 6.60. The number of rotatable bonds is 4. The van der Waals surface area contributed by atoms with Crippen LogP contribution >= 0.6 is 0 Å². The molecular weight excluding hydrogens is 307 g/mol. The van der Waals surface area contributed by atoms with Crippen molar-refractivity contribution in [3.05, 3.63) is 35.9 Å². The van der Waals surface area contributed by atoms with E-state index in [4.69, 9.17) is 0 Å². The molecule has 1 fully saturated rings. The first-order valence-corrected chi connectivity index (χ1v) is 7.33. The Kier molecular flexibility index (Phi) is 4.46. The van der Waals surface area contributed by atoms with E-state index in [1.165, 1.54) is 18.2 Å². The third-order valence-electron chi connectivity index (χ3n) is 4.08. The SMILES string of the molecule is CC(C)=C[C@@H]1[C@@H](C(=O)Nc2ccccc2OC(F)(F)F)C1(C)C. The molecule has 3 nitrogen and oxygen atoms in total. The molecule has 1 aliphatic carbocycles. The minimum absolute atomic E-state index is 0.0217. The largest absolute Gasteiger partial charge is 0.573 e. The number of hydrogen-bond acceptors (Lipinski definition) is 2. The number of hydrogen-bond donors (Lipinski definition) is 1. The maximum absolute atomic E-state index is 12.4. The third-order valence-corrected chi connectivity index (χ3v) is 4.08. The number of benzene rings is 1. The maximum Gasteiger partial charge on any atom is 0.573 e. The molecule has 2 rings (SSSR count). The summed E-state index contributed by atoms with van der Waals surface area (Å²) in [6, 6.07) is 5.53. The lowest BCUT2D eigenvalue weighted by Gasteiger charge is -2.14. The van der Waals surface area contributed by atoms with Crippen LogP contribution in [0.25, 0.3) is 0 Å². The van der Waals surface area contributed by atoms with Gasteiger partial charge in [0.05, 0.1) is 11.6 Å². The van der Waals surface area contributed by atoms with Crippen molar-refractivity contribution in [2.45, 2.75) is 34.1 Å². The summed E-state index contributed by atoms with van der Waals surface area (Å²) in [7, 11) is 0. The Morgan fingerprint density at radius 1 is 1.26 bits per heavy atom. The van der Waals surface area contributed by atoms with Gasteiger partial charge in [-0.15, -0.1) is 13.2 Å². The number of anilines is 1. The Balaban J connectivity index is 2.15. The zero-order valence-electron chi connectivity index (χ0n) is 13.5. The predicted molar refractivity (Wildman–Crippen MR) is 81.9 cm³/mol. The molecule has 2 atom stereocenters. The van der Waals surface area contributed by atoms with Crippen LogP contribution in [-0.4, -0.2) is 12.3 Å². The van der Waals surface area contributed by atoms with Crippen LogP contribution in [0.2, 0.25) is 0 Å². The fraction of sp³-hybridized carbons (Fsp3) is 0.471. The highest BCUT2D eigenvalue weighted by Crippen LogP contribution is 2.59. The minimum Gasteiger partial charge on any atom is -0.404 e. The molecule has 1 aromatic carbocycles. The highest BCUT2D eigenvalue weighted by atomic mass is 19.4. The highest BCUT2D eigenvalue weighted by Gasteiger charge is 2.60. The van der Waals surface area contributed by atoms with Crippen molar-refractivity contribution in [1.29, 1.82) is 0 Å². The molecule has 0 saturated heterocycles. The summed E-state index contributed by atoms with van der Waals surface area (Å²) in [4.78, 5) is 12.4. The summed E-state index contributed by atoms with van der Waals surface area (Å²) >= 11 is 0. The average molecular weight is 327 g/mol. The third kappa shape index (κ3) is 4.06. The smallest absolute Gasteiger partial charge is 0.404 e. The number of allylic oxidation sites excluding steroid dienone is 2. The number of alkyl halides is 3. The molecule has 1 amide bonds. The summed E-state index contributed by atoms with van der Waals surface area (Å²) in [6.07, 6.45) is -2.77. The van der Waals surface area contributed by atoms with Gasteiger partial charge in [-0.05, 0) is 37.3 Å². The number of amides is 1. The number of ether oxygens (including phenoxy) is 1. The lowest BCUT2D eigenvalue weighted by Crippen LogP contribution is -2.21. The van der Waals surface area contributed by atoms with E-state index in [-0.39, 0.29) is 28.8 Å². The molecule has 1 N–H and O–H groups in total. The van der Waals surface area contributed by atoms with Gasteiger partial charge in [0, 0.05) is 0 Å². The quantitative estimate of drug-likeness (QED) is 0.810. The Morgan fingerprint density at radius 2 is 1.87 bits per heavy atom. The van der Waals surface area contributed by atoms with E-state index in [1.807, 2.05) is 33.8 Å². The zero-order valence-corrected chi connectivity index (χ0v) is 13.5. The van der Waals surface area contributed by atoms with Crippen LogP contribution in [0.1, 0.15) is 27.7 Å². The predicted octanol–water partition coefficient (Wildman–Crippen LogP) is 4.76. The van der Waals surface area contributed by atoms with E-state index in [9.17, 15) is 18.0 Å². The van der Waals surface area contributed by atoms with Crippen LogP contribution in [0, 0.1) is 17.3 Å². The number of nitrogens with one attached hydrogen (secondary N) is 1. The minimum atomic E-state index is -4.80. The topological polar surface area (TPSA) is 38.3 Å². The Hall–Kier alpha value is -1.98. The van der Waals surface area contributed by atoms with Gasteiger partial charge in [-0.2, -0.15) is 0 Å². The van der Waals surface area contributed by atoms with E-state index >= 15 is 0 Å². The van der Waals surface area contributed by atoms with Crippen LogP contribution in [0.3, 0.4) is 0 Å². The van der Waals surface area contributed by atoms with Gasteiger partial charge in [0.15, 0.2) is 5.75 Å². The number of halogens is 3. The molecule has 1 aliphatic rings. The molecule has 23 heavy (non-hydrogen) atoms. The van der Waals surface area contributed by atoms with Crippen LogP contribution in [0.5, 0.6) is 5.75 Å². The van der Waals surface area contributed by atoms with Gasteiger partial charge < -0.3 is 10.1 Å². The normalized spacial score (nSPS) is 22.2. The molecule has 126 valence electrons. The van der Waals surface area contributed by atoms with Gasteiger partial charge in [-0.3, -0.25) is 4.79 Å². The van der Waals surface area contributed by atoms with Gasteiger partial charge in [0.25, 0.3) is 0 Å². The monoisotopic (exact) mass is 327 g/mol. The molecule has 1 saturated carbocycles. The van der Waals surface area contributed by atoms with Gasteiger partial charge in [-0.1, -0.05) is 37.6 Å². The molecular formula is C17H20F3NO2. The van der Waals surface area contributed by atoms with E-state index in [2.05, 4.69) is 10.1 Å². The van der Waals surface area contributed by atoms with Crippen LogP contribution in [0.4, 0.5) is 18.9 Å². The van der Waals surface area contributed by atoms with E-state index in [1.54, 1.807) is 6.07 Å². The van der Waals surface area contributed by atoms with Crippen LogP contribution in [0.15, 0.2) is 35.9 Å². The number of para-hydroxylation sites is 2. The summed E-state index contributed by atoms with van der Waals surface area (Å²) in [5.41, 5.74) is 0.925. The summed E-state index contributed by atoms with van der Waals surface area (Å²) < 4.78 is 41.2. The lowest BCUT2D eigenvalue weighted by molar-refractivity contribution is -0.274. The van der Waals surface area contributed by atoms with Gasteiger partial charge >= 0.3 is 6.36 Å². The Labute approximate surface area is 133 Å². The Morgan fingerprint density at radius 3 is 2.43 bits per heavy atom. The van der Waals surface area contributed by atoms with Crippen molar-refractivity contribution >= 4 is 11.6 Å². The highest BCUT2D eigenvalue weighted by molar-refractivity contribution is 5.96. The molecule has 0 heterocycles. The van der Waals surface area contributed by atoms with Crippen LogP contribution < -0.4 is 10.1 Å². The molecule has 0 aliphatic heterocycles. The molecule has 6 heteroatoms. The van der Waals surface area contributed by atoms with Gasteiger partial charge in [-0.25, -0.2) is 0 Å². The summed E-state index contributed by atoms with van der Waals surface area (Å²) in [5.74, 6) is -0.888. The maximum atomic E-state index is 12.4. The molecule has 0 spiro atoms. The average Bonchev–Trinajstić information content (AvgIpc) is 2.90. The Bertz CT molecular complexity index is 631. The van der Waals surface area contributed by atoms with Crippen LogP contribution in [-0.2, 0) is 4.79 Å². The standard InChI is InChI=1S/C17H20F3NO2/c1-10(2)9-11-14(16(11,3)4)15(22)21-12-7-5-6-8-13(12)23-17(18,19)20/h5-9,11,14H,1-4H3,(H,21,22)/t11-,14+/m1/s1. The van der Waals surface area contributed by atoms with Crippen molar-refractivity contribution in [2.75, 3.05) is 5.32 Å². The second-order valence-corrected chi connectivity index (χ2v) is 6.60. The lowest BCUT2D eigenvalue weighted by atomic mass is 10.1. The molecule has 0 aromatic heterocycles.